The molecule has 0 fully saturated rings. The van der Waals surface area contributed by atoms with Gasteiger partial charge in [-0.05, 0) is 30.4 Å². The van der Waals surface area contributed by atoms with Gasteiger partial charge in [-0.2, -0.15) is 0 Å². The summed E-state index contributed by atoms with van der Waals surface area (Å²) in [5, 5.41) is 1.17. The number of rotatable bonds is 5. The third-order valence-corrected chi connectivity index (χ3v) is 3.42. The van der Waals surface area contributed by atoms with Crippen LogP contribution >= 0.6 is 23.2 Å². The summed E-state index contributed by atoms with van der Waals surface area (Å²) in [6.45, 7) is 4.38. The Morgan fingerprint density at radius 1 is 1.25 bits per heavy atom. The van der Waals surface area contributed by atoms with Gasteiger partial charge in [0.15, 0.2) is 0 Å². The molecule has 0 radical (unpaired) electrons. The van der Waals surface area contributed by atoms with Gasteiger partial charge in [0.1, 0.15) is 0 Å². The van der Waals surface area contributed by atoms with Crippen LogP contribution in [-0.2, 0) is 0 Å². The Kier molecular flexibility index (Phi) is 5.56. The van der Waals surface area contributed by atoms with E-state index in [1.165, 1.54) is 0 Å². The van der Waals surface area contributed by atoms with Crippen LogP contribution in [-0.4, -0.2) is 0 Å². The minimum absolute atomic E-state index is 0.0635. The fraction of sp³-hybridized carbons (Fsp3) is 0.500. The minimum Gasteiger partial charge on any atom is -0.271 e. The molecule has 1 aromatic rings. The van der Waals surface area contributed by atoms with Crippen LogP contribution < -0.4 is 11.3 Å². The molecule has 90 valence electrons. The number of benzene rings is 1. The van der Waals surface area contributed by atoms with E-state index in [0.29, 0.717) is 16.0 Å². The zero-order valence-electron chi connectivity index (χ0n) is 9.63. The molecule has 3 N–H and O–H groups in total. The van der Waals surface area contributed by atoms with Crippen molar-refractivity contribution in [3.05, 3.63) is 33.8 Å². The molecule has 1 atom stereocenters. The van der Waals surface area contributed by atoms with Crippen LogP contribution in [0.2, 0.25) is 10.0 Å². The van der Waals surface area contributed by atoms with Gasteiger partial charge in [0.05, 0.1) is 10.0 Å². The SMILES string of the molecule is CC(C)CCC(NN)c1cccc(Cl)c1Cl. The number of hydrogen-bond acceptors (Lipinski definition) is 2. The molecule has 4 heteroatoms. The molecule has 1 unspecified atom stereocenters. The summed E-state index contributed by atoms with van der Waals surface area (Å²) in [6.07, 6.45) is 2.05. The Bertz CT molecular complexity index is 340. The molecular weight excluding hydrogens is 243 g/mol. The van der Waals surface area contributed by atoms with Crippen LogP contribution in [0.4, 0.5) is 0 Å². The molecule has 0 bridgehead atoms. The molecule has 0 aliphatic rings. The molecule has 1 aromatic carbocycles. The maximum Gasteiger partial charge on any atom is 0.0640 e. The van der Waals surface area contributed by atoms with Gasteiger partial charge in [-0.1, -0.05) is 49.2 Å². The van der Waals surface area contributed by atoms with Gasteiger partial charge in [-0.25, -0.2) is 0 Å². The van der Waals surface area contributed by atoms with Gasteiger partial charge in [0.25, 0.3) is 0 Å². The Labute approximate surface area is 107 Å². The lowest BCUT2D eigenvalue weighted by Gasteiger charge is -2.19. The van der Waals surface area contributed by atoms with Crippen molar-refractivity contribution in [1.29, 1.82) is 0 Å². The fourth-order valence-corrected chi connectivity index (χ4v) is 2.06. The van der Waals surface area contributed by atoms with Crippen molar-refractivity contribution in [3.8, 4) is 0 Å². The van der Waals surface area contributed by atoms with E-state index in [4.69, 9.17) is 29.0 Å². The molecule has 0 aromatic heterocycles. The topological polar surface area (TPSA) is 38.0 Å². The molecule has 0 aliphatic heterocycles. The Morgan fingerprint density at radius 3 is 2.50 bits per heavy atom. The Balaban J connectivity index is 2.82. The smallest absolute Gasteiger partial charge is 0.0640 e. The van der Waals surface area contributed by atoms with Gasteiger partial charge in [-0.15, -0.1) is 0 Å². The van der Waals surface area contributed by atoms with Gasteiger partial charge in [-0.3, -0.25) is 11.3 Å². The summed E-state index contributed by atoms with van der Waals surface area (Å²) >= 11 is 12.1. The normalized spacial score (nSPS) is 13.1. The lowest BCUT2D eigenvalue weighted by atomic mass is 9.98. The number of nitrogens with two attached hydrogens (primary N) is 1. The summed E-state index contributed by atoms with van der Waals surface area (Å²) in [7, 11) is 0. The molecule has 0 heterocycles. The van der Waals surface area contributed by atoms with Crippen molar-refractivity contribution in [2.45, 2.75) is 32.7 Å². The van der Waals surface area contributed by atoms with Crippen molar-refractivity contribution in [2.24, 2.45) is 11.8 Å². The van der Waals surface area contributed by atoms with E-state index in [0.717, 1.165) is 18.4 Å². The molecule has 2 nitrogen and oxygen atoms in total. The predicted octanol–water partition coefficient (Wildman–Crippen LogP) is 3.93. The first-order chi connectivity index (χ1) is 7.56. The molecule has 0 saturated carbocycles. The van der Waals surface area contributed by atoms with Gasteiger partial charge >= 0.3 is 0 Å². The van der Waals surface area contributed by atoms with E-state index >= 15 is 0 Å². The fourth-order valence-electron chi connectivity index (χ4n) is 1.62. The average Bonchev–Trinajstić information content (AvgIpc) is 2.24. The highest BCUT2D eigenvalue weighted by Crippen LogP contribution is 2.32. The average molecular weight is 261 g/mol. The second-order valence-corrected chi connectivity index (χ2v) is 5.12. The van der Waals surface area contributed by atoms with Crippen molar-refractivity contribution in [2.75, 3.05) is 0 Å². The third kappa shape index (κ3) is 3.63. The third-order valence-electron chi connectivity index (χ3n) is 2.59. The second-order valence-electron chi connectivity index (χ2n) is 4.33. The molecule has 0 spiro atoms. The van der Waals surface area contributed by atoms with E-state index < -0.39 is 0 Å². The van der Waals surface area contributed by atoms with E-state index in [9.17, 15) is 0 Å². The van der Waals surface area contributed by atoms with Crippen LogP contribution in [0.1, 0.15) is 38.3 Å². The van der Waals surface area contributed by atoms with Crippen LogP contribution in [0.5, 0.6) is 0 Å². The lowest BCUT2D eigenvalue weighted by molar-refractivity contribution is 0.448. The van der Waals surface area contributed by atoms with Crippen molar-refractivity contribution in [3.63, 3.8) is 0 Å². The number of hydrazine groups is 1. The zero-order valence-corrected chi connectivity index (χ0v) is 11.1. The van der Waals surface area contributed by atoms with Gasteiger partial charge in [0, 0.05) is 6.04 Å². The Hall–Kier alpha value is -0.280. The largest absolute Gasteiger partial charge is 0.271 e. The molecule has 0 amide bonds. The predicted molar refractivity (Wildman–Crippen MR) is 70.6 cm³/mol. The highest BCUT2D eigenvalue weighted by atomic mass is 35.5. The van der Waals surface area contributed by atoms with E-state index in [1.807, 2.05) is 12.1 Å². The number of halogens is 2. The highest BCUT2D eigenvalue weighted by molar-refractivity contribution is 6.42. The van der Waals surface area contributed by atoms with Crippen molar-refractivity contribution < 1.29 is 0 Å². The summed E-state index contributed by atoms with van der Waals surface area (Å²) in [6, 6.07) is 5.69. The van der Waals surface area contributed by atoms with Crippen LogP contribution in [0.15, 0.2) is 18.2 Å². The summed E-state index contributed by atoms with van der Waals surface area (Å²) < 4.78 is 0. The van der Waals surface area contributed by atoms with E-state index in [1.54, 1.807) is 6.07 Å². The maximum absolute atomic E-state index is 6.15. The van der Waals surface area contributed by atoms with Crippen molar-refractivity contribution in [1.82, 2.24) is 5.43 Å². The number of nitrogens with one attached hydrogen (secondary N) is 1. The molecule has 0 saturated heterocycles. The first kappa shape index (κ1) is 13.8. The molecule has 1 rings (SSSR count). The first-order valence-electron chi connectivity index (χ1n) is 5.46. The molecule has 0 aliphatic carbocycles. The quantitative estimate of drug-likeness (QED) is 0.622. The zero-order chi connectivity index (χ0) is 12.1. The highest BCUT2D eigenvalue weighted by Gasteiger charge is 2.15. The first-order valence-corrected chi connectivity index (χ1v) is 6.22. The summed E-state index contributed by atoms with van der Waals surface area (Å²) in [5.74, 6) is 6.21. The minimum atomic E-state index is 0.0635. The van der Waals surface area contributed by atoms with Gasteiger partial charge < -0.3 is 0 Å². The second kappa shape index (κ2) is 6.45. The van der Waals surface area contributed by atoms with Crippen LogP contribution in [0.3, 0.4) is 0 Å². The summed E-state index contributed by atoms with van der Waals surface area (Å²) in [4.78, 5) is 0. The number of hydrogen-bond donors (Lipinski definition) is 2. The van der Waals surface area contributed by atoms with Crippen molar-refractivity contribution >= 4 is 23.2 Å². The lowest BCUT2D eigenvalue weighted by Crippen LogP contribution is -2.28. The van der Waals surface area contributed by atoms with E-state index in [2.05, 4.69) is 19.3 Å². The monoisotopic (exact) mass is 260 g/mol. The Morgan fingerprint density at radius 2 is 1.94 bits per heavy atom. The van der Waals surface area contributed by atoms with Crippen LogP contribution in [0.25, 0.3) is 0 Å². The van der Waals surface area contributed by atoms with Crippen LogP contribution in [0, 0.1) is 5.92 Å². The van der Waals surface area contributed by atoms with E-state index in [-0.39, 0.29) is 6.04 Å². The maximum atomic E-state index is 6.15. The standard InChI is InChI=1S/C12H18Cl2N2/c1-8(2)6-7-11(16-15)9-4-3-5-10(13)12(9)14/h3-5,8,11,16H,6-7,15H2,1-2H3. The molecule has 16 heavy (non-hydrogen) atoms. The van der Waals surface area contributed by atoms with Gasteiger partial charge in [0.2, 0.25) is 0 Å². The summed E-state index contributed by atoms with van der Waals surface area (Å²) in [5.41, 5.74) is 3.77. The molecular formula is C12H18Cl2N2.